The lowest BCUT2D eigenvalue weighted by atomic mass is 10.1. The Morgan fingerprint density at radius 1 is 1.50 bits per heavy atom. The van der Waals surface area contributed by atoms with Crippen molar-refractivity contribution in [2.45, 2.75) is 33.1 Å². The Kier molecular flexibility index (Phi) is 7.26. The van der Waals surface area contributed by atoms with Crippen LogP contribution in [0, 0.1) is 5.92 Å². The molecule has 0 spiro atoms. The van der Waals surface area contributed by atoms with Crippen LogP contribution in [0.4, 0.5) is 0 Å². The molecule has 0 aromatic carbocycles. The van der Waals surface area contributed by atoms with Gasteiger partial charge in [-0.2, -0.15) is 0 Å². The Morgan fingerprint density at radius 2 is 2.17 bits per heavy atom. The molecular weight excluding hydrogens is 176 g/mol. The van der Waals surface area contributed by atoms with Gasteiger partial charge in [0.2, 0.25) is 0 Å². The average molecular weight is 193 g/mol. The third-order valence-corrected chi connectivity index (χ3v) is 1.68. The first-order valence-corrected chi connectivity index (χ1v) is 4.92. The molecule has 2 nitrogen and oxygen atoms in total. The highest BCUT2D eigenvalue weighted by molar-refractivity contribution is 6.18. The molecule has 0 atom stereocenters. The first-order chi connectivity index (χ1) is 5.66. The Bertz CT molecular complexity index is 124. The van der Waals surface area contributed by atoms with Crippen molar-refractivity contribution in [2.24, 2.45) is 5.92 Å². The second kappa shape index (κ2) is 7.41. The number of hydrogen-bond donors (Lipinski definition) is 0. The van der Waals surface area contributed by atoms with Crippen molar-refractivity contribution in [1.82, 2.24) is 0 Å². The molecule has 0 aromatic heterocycles. The molecule has 0 heterocycles. The first-order valence-electron chi connectivity index (χ1n) is 4.38. The zero-order valence-corrected chi connectivity index (χ0v) is 8.56. The Labute approximate surface area is 79.2 Å². The summed E-state index contributed by atoms with van der Waals surface area (Å²) in [7, 11) is 0. The summed E-state index contributed by atoms with van der Waals surface area (Å²) < 4.78 is 4.91. The van der Waals surface area contributed by atoms with Crippen LogP contribution in [0.1, 0.15) is 33.1 Å². The number of alkyl halides is 1. The largest absolute Gasteiger partial charge is 0.466 e. The van der Waals surface area contributed by atoms with Crippen LogP contribution in [-0.4, -0.2) is 18.5 Å². The van der Waals surface area contributed by atoms with E-state index in [-0.39, 0.29) is 5.97 Å². The van der Waals surface area contributed by atoms with Gasteiger partial charge < -0.3 is 4.74 Å². The van der Waals surface area contributed by atoms with Crippen molar-refractivity contribution < 1.29 is 9.53 Å². The molecule has 0 N–H and O–H groups in total. The standard InChI is InChI=1S/C9H17ClO2/c1-8(2)4-3-7-12-9(11)5-6-10/h8H,3-7H2,1-2H3. The van der Waals surface area contributed by atoms with Crippen LogP contribution in [0.15, 0.2) is 0 Å². The number of halogens is 1. The van der Waals surface area contributed by atoms with Gasteiger partial charge in [-0.05, 0) is 18.8 Å². The summed E-state index contributed by atoms with van der Waals surface area (Å²) in [5, 5.41) is 0. The van der Waals surface area contributed by atoms with Crippen molar-refractivity contribution in [2.75, 3.05) is 12.5 Å². The monoisotopic (exact) mass is 192 g/mol. The highest BCUT2D eigenvalue weighted by Crippen LogP contribution is 2.03. The van der Waals surface area contributed by atoms with E-state index in [4.69, 9.17) is 16.3 Å². The van der Waals surface area contributed by atoms with Crippen LogP contribution < -0.4 is 0 Å². The summed E-state index contributed by atoms with van der Waals surface area (Å²) in [6.45, 7) is 4.84. The van der Waals surface area contributed by atoms with E-state index in [1.807, 2.05) is 0 Å². The normalized spacial score (nSPS) is 10.3. The molecular formula is C9H17ClO2. The molecule has 0 saturated carbocycles. The van der Waals surface area contributed by atoms with Gasteiger partial charge in [0.15, 0.2) is 0 Å². The molecule has 0 aromatic rings. The zero-order chi connectivity index (χ0) is 9.40. The van der Waals surface area contributed by atoms with Crippen LogP contribution in [-0.2, 0) is 9.53 Å². The van der Waals surface area contributed by atoms with E-state index >= 15 is 0 Å². The molecule has 3 heteroatoms. The summed E-state index contributed by atoms with van der Waals surface area (Å²) in [6, 6.07) is 0. The second-order valence-electron chi connectivity index (χ2n) is 3.20. The Balaban J connectivity index is 3.14. The molecule has 72 valence electrons. The van der Waals surface area contributed by atoms with E-state index in [1.54, 1.807) is 0 Å². The number of carbonyl (C=O) groups is 1. The SMILES string of the molecule is CC(C)CCCOC(=O)CCCl. The second-order valence-corrected chi connectivity index (χ2v) is 3.57. The smallest absolute Gasteiger partial charge is 0.306 e. The van der Waals surface area contributed by atoms with Crippen LogP contribution in [0.3, 0.4) is 0 Å². The molecule has 0 fully saturated rings. The van der Waals surface area contributed by atoms with Gasteiger partial charge >= 0.3 is 5.97 Å². The molecule has 0 aliphatic carbocycles. The van der Waals surface area contributed by atoms with Crippen molar-refractivity contribution in [3.05, 3.63) is 0 Å². The number of esters is 1. The highest BCUT2D eigenvalue weighted by Gasteiger charge is 2.00. The number of hydrogen-bond acceptors (Lipinski definition) is 2. The maximum absolute atomic E-state index is 10.8. The highest BCUT2D eigenvalue weighted by atomic mass is 35.5. The van der Waals surface area contributed by atoms with Crippen LogP contribution >= 0.6 is 11.6 Å². The predicted molar refractivity (Wildman–Crippen MR) is 50.4 cm³/mol. The molecule has 0 amide bonds. The van der Waals surface area contributed by atoms with E-state index < -0.39 is 0 Å². The molecule has 0 bridgehead atoms. The molecule has 0 unspecified atom stereocenters. The molecule has 0 saturated heterocycles. The average Bonchev–Trinajstić information content (AvgIpc) is 1.98. The summed E-state index contributed by atoms with van der Waals surface area (Å²) >= 11 is 5.36. The fraction of sp³-hybridized carbons (Fsp3) is 0.889. The van der Waals surface area contributed by atoms with Gasteiger partial charge in [-0.3, -0.25) is 4.79 Å². The quantitative estimate of drug-likeness (QED) is 0.367. The Morgan fingerprint density at radius 3 is 2.67 bits per heavy atom. The predicted octanol–water partition coefficient (Wildman–Crippen LogP) is 2.59. The van der Waals surface area contributed by atoms with Gasteiger partial charge in [-0.15, -0.1) is 11.6 Å². The van der Waals surface area contributed by atoms with E-state index in [0.717, 1.165) is 12.8 Å². The minimum Gasteiger partial charge on any atom is -0.466 e. The maximum Gasteiger partial charge on any atom is 0.306 e. The fourth-order valence-electron chi connectivity index (χ4n) is 0.827. The summed E-state index contributed by atoms with van der Waals surface area (Å²) in [5.74, 6) is 0.841. The number of ether oxygens (including phenoxy) is 1. The van der Waals surface area contributed by atoms with Crippen LogP contribution in [0.5, 0.6) is 0 Å². The van der Waals surface area contributed by atoms with E-state index in [2.05, 4.69) is 13.8 Å². The first kappa shape index (κ1) is 11.8. The van der Waals surface area contributed by atoms with Gasteiger partial charge in [-0.1, -0.05) is 13.8 Å². The molecule has 0 rings (SSSR count). The van der Waals surface area contributed by atoms with E-state index in [1.165, 1.54) is 0 Å². The summed E-state index contributed by atoms with van der Waals surface area (Å²) in [6.07, 6.45) is 2.38. The van der Waals surface area contributed by atoms with E-state index in [9.17, 15) is 4.79 Å². The van der Waals surface area contributed by atoms with Gasteiger partial charge in [0, 0.05) is 5.88 Å². The van der Waals surface area contributed by atoms with Crippen molar-refractivity contribution >= 4 is 17.6 Å². The van der Waals surface area contributed by atoms with Crippen molar-refractivity contribution in [1.29, 1.82) is 0 Å². The number of rotatable bonds is 6. The topological polar surface area (TPSA) is 26.3 Å². The summed E-state index contributed by atoms with van der Waals surface area (Å²) in [4.78, 5) is 10.8. The third-order valence-electron chi connectivity index (χ3n) is 1.49. The van der Waals surface area contributed by atoms with Crippen molar-refractivity contribution in [3.8, 4) is 0 Å². The minimum atomic E-state index is -0.186. The fourth-order valence-corrected chi connectivity index (χ4v) is 0.981. The van der Waals surface area contributed by atoms with Crippen LogP contribution in [0.2, 0.25) is 0 Å². The van der Waals surface area contributed by atoms with Gasteiger partial charge in [0.05, 0.1) is 13.0 Å². The van der Waals surface area contributed by atoms with Gasteiger partial charge in [0.25, 0.3) is 0 Å². The molecule has 12 heavy (non-hydrogen) atoms. The molecule has 0 aliphatic rings. The van der Waals surface area contributed by atoms with E-state index in [0.29, 0.717) is 24.8 Å². The maximum atomic E-state index is 10.8. The molecule has 0 radical (unpaired) electrons. The lowest BCUT2D eigenvalue weighted by Gasteiger charge is -2.05. The zero-order valence-electron chi connectivity index (χ0n) is 7.81. The van der Waals surface area contributed by atoms with Crippen molar-refractivity contribution in [3.63, 3.8) is 0 Å². The molecule has 0 aliphatic heterocycles. The lowest BCUT2D eigenvalue weighted by molar-refractivity contribution is -0.143. The lowest BCUT2D eigenvalue weighted by Crippen LogP contribution is -2.06. The summed E-state index contributed by atoms with van der Waals surface area (Å²) in [5.41, 5.74) is 0. The third kappa shape index (κ3) is 7.86. The van der Waals surface area contributed by atoms with Crippen LogP contribution in [0.25, 0.3) is 0 Å². The van der Waals surface area contributed by atoms with Gasteiger partial charge in [-0.25, -0.2) is 0 Å². The van der Waals surface area contributed by atoms with Gasteiger partial charge in [0.1, 0.15) is 0 Å². The Hall–Kier alpha value is -0.240. The minimum absolute atomic E-state index is 0.186. The number of carbonyl (C=O) groups excluding carboxylic acids is 1.